The summed E-state index contributed by atoms with van der Waals surface area (Å²) < 4.78 is 2.59. The molecule has 1 aliphatic rings. The Morgan fingerprint density at radius 3 is 2.00 bits per heavy atom. The van der Waals surface area contributed by atoms with Crippen molar-refractivity contribution in [2.24, 2.45) is 5.14 Å². The van der Waals surface area contributed by atoms with Crippen LogP contribution in [0.4, 0.5) is 0 Å². The van der Waals surface area contributed by atoms with E-state index in [1.165, 1.54) is 36.7 Å². The lowest BCUT2D eigenvalue weighted by molar-refractivity contribution is 0.454. The van der Waals surface area contributed by atoms with Gasteiger partial charge in [-0.25, -0.2) is 0 Å². The SMILES string of the molecule is CCCN(CCC)S1(N)C[SiH2]C1. The Morgan fingerprint density at radius 2 is 1.75 bits per heavy atom. The van der Waals surface area contributed by atoms with E-state index in [0.29, 0.717) is 9.52 Å². The van der Waals surface area contributed by atoms with Gasteiger partial charge in [-0.1, -0.05) is 13.8 Å². The zero-order valence-electron chi connectivity index (χ0n) is 8.38. The maximum atomic E-state index is 6.36. The van der Waals surface area contributed by atoms with E-state index in [1.54, 1.807) is 0 Å². The highest BCUT2D eigenvalue weighted by atomic mass is 32.3. The van der Waals surface area contributed by atoms with Crippen molar-refractivity contribution < 1.29 is 0 Å². The molecule has 1 rings (SSSR count). The second kappa shape index (κ2) is 4.65. The van der Waals surface area contributed by atoms with Gasteiger partial charge in [-0.2, -0.15) is 0 Å². The fourth-order valence-corrected chi connectivity index (χ4v) is 8.35. The van der Waals surface area contributed by atoms with Gasteiger partial charge in [0.05, 0.1) is 0 Å². The molecule has 0 radical (unpaired) electrons. The van der Waals surface area contributed by atoms with Gasteiger partial charge >= 0.3 is 0 Å². The van der Waals surface area contributed by atoms with E-state index in [0.717, 1.165) is 0 Å². The normalized spacial score (nSPS) is 36.3. The molecule has 2 nitrogen and oxygen atoms in total. The van der Waals surface area contributed by atoms with E-state index in [1.807, 2.05) is 0 Å². The van der Waals surface area contributed by atoms with Gasteiger partial charge in [-0.3, -0.25) is 9.44 Å². The van der Waals surface area contributed by atoms with Crippen LogP contribution in [-0.4, -0.2) is 37.7 Å². The summed E-state index contributed by atoms with van der Waals surface area (Å²) in [7, 11) is -0.415. The van der Waals surface area contributed by atoms with E-state index >= 15 is 0 Å². The molecule has 2 N–H and O–H groups in total. The van der Waals surface area contributed by atoms with Crippen molar-refractivity contribution in [3.63, 3.8) is 0 Å². The zero-order valence-corrected chi connectivity index (χ0v) is 10.6. The topological polar surface area (TPSA) is 29.3 Å². The van der Waals surface area contributed by atoms with Crippen molar-refractivity contribution in [3.05, 3.63) is 0 Å². The summed E-state index contributed by atoms with van der Waals surface area (Å²) in [5.74, 6) is 0. The number of nitrogens with two attached hydrogens (primary N) is 1. The molecular weight excluding hydrogens is 184 g/mol. The minimum atomic E-state index is -0.709. The first-order valence-corrected chi connectivity index (χ1v) is 9.03. The van der Waals surface area contributed by atoms with Crippen LogP contribution in [0.25, 0.3) is 0 Å². The second-order valence-corrected chi connectivity index (χ2v) is 9.88. The Hall–Kier alpha value is 0.487. The molecule has 0 aromatic heterocycles. The Balaban J connectivity index is 2.40. The van der Waals surface area contributed by atoms with Crippen molar-refractivity contribution in [3.8, 4) is 0 Å². The molecule has 0 aromatic carbocycles. The molecule has 0 saturated carbocycles. The van der Waals surface area contributed by atoms with E-state index in [2.05, 4.69) is 18.2 Å². The van der Waals surface area contributed by atoms with E-state index < -0.39 is 10.4 Å². The fraction of sp³-hybridized carbons (Fsp3) is 1.00. The Kier molecular flexibility index (Phi) is 4.09. The van der Waals surface area contributed by atoms with Crippen molar-refractivity contribution in [2.45, 2.75) is 26.7 Å². The van der Waals surface area contributed by atoms with Gasteiger partial charge < -0.3 is 0 Å². The zero-order chi connectivity index (χ0) is 9.03. The summed E-state index contributed by atoms with van der Waals surface area (Å²) in [5.41, 5.74) is 0. The summed E-state index contributed by atoms with van der Waals surface area (Å²) in [6.07, 6.45) is 2.51. The second-order valence-electron chi connectivity index (χ2n) is 3.59. The van der Waals surface area contributed by atoms with Gasteiger partial charge in [0, 0.05) is 22.6 Å². The van der Waals surface area contributed by atoms with Crippen LogP contribution in [0, 0.1) is 0 Å². The predicted molar refractivity (Wildman–Crippen MR) is 62.2 cm³/mol. The minimum absolute atomic E-state index is 0.294. The number of hydrogen-bond donors (Lipinski definition) is 1. The molecule has 1 aliphatic heterocycles. The standard InChI is InChI=1S/C8H22N2SSi/c1-3-5-10(6-4-2)11(9)7-12-8-11/h3-9,12H2,1-2H3. The summed E-state index contributed by atoms with van der Waals surface area (Å²) >= 11 is 0. The average Bonchev–Trinajstić information content (AvgIpc) is 2.00. The molecule has 1 saturated heterocycles. The van der Waals surface area contributed by atoms with Gasteiger partial charge in [0.1, 0.15) is 0 Å². The Bertz CT molecular complexity index is 133. The fourth-order valence-electron chi connectivity index (χ4n) is 1.67. The van der Waals surface area contributed by atoms with Crippen LogP contribution in [0.2, 0.25) is 0 Å². The van der Waals surface area contributed by atoms with E-state index in [-0.39, 0.29) is 0 Å². The summed E-state index contributed by atoms with van der Waals surface area (Å²) in [6, 6.07) is 0. The van der Waals surface area contributed by atoms with Crippen molar-refractivity contribution >= 4 is 19.9 Å². The predicted octanol–water partition coefficient (Wildman–Crippen LogP) is 0.799. The molecule has 0 unspecified atom stereocenters. The smallest absolute Gasteiger partial charge is 0.0454 e. The summed E-state index contributed by atoms with van der Waals surface area (Å²) in [6.45, 7) is 6.96. The molecule has 0 spiro atoms. The van der Waals surface area contributed by atoms with Crippen LogP contribution in [0.1, 0.15) is 26.7 Å². The molecular formula is C8H22N2SSi. The van der Waals surface area contributed by atoms with Gasteiger partial charge in [-0.15, -0.1) is 10.4 Å². The highest BCUT2D eigenvalue weighted by molar-refractivity contribution is 8.34. The van der Waals surface area contributed by atoms with Crippen LogP contribution in [0.3, 0.4) is 0 Å². The van der Waals surface area contributed by atoms with Gasteiger partial charge in [-0.05, 0) is 23.6 Å². The van der Waals surface area contributed by atoms with Crippen LogP contribution in [-0.2, 0) is 0 Å². The Labute approximate surface area is 80.3 Å². The first-order valence-electron chi connectivity index (χ1n) is 5.04. The summed E-state index contributed by atoms with van der Waals surface area (Å²) in [4.78, 5) is 0. The lowest BCUT2D eigenvalue weighted by atomic mass is 10.4. The first-order chi connectivity index (χ1) is 5.73. The van der Waals surface area contributed by atoms with Gasteiger partial charge in [0.25, 0.3) is 0 Å². The first kappa shape index (κ1) is 10.6. The number of rotatable bonds is 5. The highest BCUT2D eigenvalue weighted by Gasteiger charge is 2.32. The minimum Gasteiger partial charge on any atom is -0.284 e. The van der Waals surface area contributed by atoms with Crippen molar-refractivity contribution in [1.82, 2.24) is 4.31 Å². The third-order valence-corrected chi connectivity index (χ3v) is 11.8. The Morgan fingerprint density at radius 1 is 1.25 bits per heavy atom. The van der Waals surface area contributed by atoms with E-state index in [4.69, 9.17) is 5.14 Å². The lowest BCUT2D eigenvalue weighted by Crippen LogP contribution is -2.48. The monoisotopic (exact) mass is 206 g/mol. The van der Waals surface area contributed by atoms with Crippen molar-refractivity contribution in [1.29, 1.82) is 0 Å². The van der Waals surface area contributed by atoms with Crippen LogP contribution >= 0.6 is 10.4 Å². The quantitative estimate of drug-likeness (QED) is 0.674. The molecule has 1 heterocycles. The van der Waals surface area contributed by atoms with Gasteiger partial charge in [0.2, 0.25) is 0 Å². The van der Waals surface area contributed by atoms with Crippen molar-refractivity contribution in [2.75, 3.05) is 23.8 Å². The molecule has 1 fully saturated rings. The average molecular weight is 206 g/mol. The molecule has 74 valence electrons. The lowest BCUT2D eigenvalue weighted by Gasteiger charge is -2.52. The molecule has 0 atom stereocenters. The molecule has 12 heavy (non-hydrogen) atoms. The maximum Gasteiger partial charge on any atom is 0.0454 e. The van der Waals surface area contributed by atoms with Crippen LogP contribution in [0.15, 0.2) is 0 Å². The number of hydrogen-bond acceptors (Lipinski definition) is 2. The van der Waals surface area contributed by atoms with E-state index in [9.17, 15) is 0 Å². The molecule has 0 aliphatic carbocycles. The number of nitrogens with zero attached hydrogens (tertiary/aromatic N) is 1. The van der Waals surface area contributed by atoms with Crippen LogP contribution in [0.5, 0.6) is 0 Å². The molecule has 0 bridgehead atoms. The highest BCUT2D eigenvalue weighted by Crippen LogP contribution is 2.48. The third kappa shape index (κ3) is 2.25. The maximum absolute atomic E-state index is 6.36. The molecule has 0 amide bonds. The molecule has 0 aromatic rings. The largest absolute Gasteiger partial charge is 0.284 e. The van der Waals surface area contributed by atoms with Crippen LogP contribution < -0.4 is 5.14 Å². The molecule has 4 heteroatoms. The summed E-state index contributed by atoms with van der Waals surface area (Å²) in [5, 5.41) is 9.21. The third-order valence-electron chi connectivity index (χ3n) is 2.46. The van der Waals surface area contributed by atoms with Gasteiger partial charge in [0.15, 0.2) is 0 Å².